The van der Waals surface area contributed by atoms with Crippen LogP contribution in [0.25, 0.3) is 0 Å². The van der Waals surface area contributed by atoms with Crippen molar-refractivity contribution in [3.05, 3.63) is 35.4 Å². The van der Waals surface area contributed by atoms with Crippen LogP contribution < -0.4 is 0 Å². The van der Waals surface area contributed by atoms with Crippen LogP contribution >= 0.6 is 0 Å². The van der Waals surface area contributed by atoms with Gasteiger partial charge in [-0.3, -0.25) is 14.0 Å². The van der Waals surface area contributed by atoms with E-state index in [9.17, 15) is 14.0 Å². The number of carbonyl (C=O) groups excluding carboxylic acids is 2. The first kappa shape index (κ1) is 14.4. The maximum Gasteiger partial charge on any atom is 0.255 e. The van der Waals surface area contributed by atoms with Crippen LogP contribution in [0.4, 0.5) is 4.39 Å². The van der Waals surface area contributed by atoms with E-state index in [4.69, 9.17) is 0 Å². The van der Waals surface area contributed by atoms with E-state index in [1.54, 1.807) is 29.2 Å². The predicted molar refractivity (Wildman–Crippen MR) is 68.6 cm³/mol. The third-order valence-corrected chi connectivity index (χ3v) is 2.81. The first-order chi connectivity index (χ1) is 8.41. The molecule has 0 saturated carbocycles. The summed E-state index contributed by atoms with van der Waals surface area (Å²) < 4.78 is 9.50. The van der Waals surface area contributed by atoms with Gasteiger partial charge in [-0.05, 0) is 26.8 Å². The summed E-state index contributed by atoms with van der Waals surface area (Å²) in [7, 11) is 0.500. The molecular formula is C14H18FNO2. The van der Waals surface area contributed by atoms with Gasteiger partial charge in [-0.25, -0.2) is 0 Å². The van der Waals surface area contributed by atoms with Gasteiger partial charge in [0, 0.05) is 11.1 Å². The Bertz CT molecular complexity index is 463. The van der Waals surface area contributed by atoms with E-state index in [1.807, 2.05) is 20.8 Å². The van der Waals surface area contributed by atoms with Gasteiger partial charge in [0.25, 0.3) is 5.91 Å². The molecule has 0 atom stereocenters. The van der Waals surface area contributed by atoms with Crippen molar-refractivity contribution in [2.24, 2.45) is 0 Å². The van der Waals surface area contributed by atoms with Crippen molar-refractivity contribution < 1.29 is 14.0 Å². The maximum atomic E-state index is 12.2. The Morgan fingerprint density at radius 2 is 1.56 bits per heavy atom. The number of nitrogens with zero attached hydrogens (tertiary/aromatic N) is 1. The second kappa shape index (κ2) is 5.29. The van der Waals surface area contributed by atoms with E-state index < -0.39 is 0 Å². The smallest absolute Gasteiger partial charge is 0.255 e. The van der Waals surface area contributed by atoms with Crippen molar-refractivity contribution in [1.82, 2.24) is 4.90 Å². The Kier molecular flexibility index (Phi) is 4.22. The van der Waals surface area contributed by atoms with Crippen LogP contribution in [0.5, 0.6) is 0 Å². The van der Waals surface area contributed by atoms with Crippen molar-refractivity contribution in [2.45, 2.75) is 26.3 Å². The Hall–Kier alpha value is -1.71. The molecule has 0 aliphatic carbocycles. The molecule has 2 rings (SSSR count). The summed E-state index contributed by atoms with van der Waals surface area (Å²) in [6.45, 7) is 5.99. The summed E-state index contributed by atoms with van der Waals surface area (Å²) in [5.74, 6) is -0.0344. The van der Waals surface area contributed by atoms with Crippen molar-refractivity contribution >= 4 is 11.7 Å². The van der Waals surface area contributed by atoms with E-state index in [0.29, 0.717) is 18.3 Å². The monoisotopic (exact) mass is 251 g/mol. The highest BCUT2D eigenvalue weighted by atomic mass is 19.1. The standard InChI is InChI=1S/C13H15NO2.CH3F/c1-13(2,3)14-8-11(15)9-6-4-5-7-10(9)12(14)16;1-2/h4-7H,8H2,1-3H3;1H3. The lowest BCUT2D eigenvalue weighted by Gasteiger charge is -2.38. The summed E-state index contributed by atoms with van der Waals surface area (Å²) in [6, 6.07) is 7.01. The number of carbonyl (C=O) groups is 2. The van der Waals surface area contributed by atoms with Crippen LogP contribution in [0, 0.1) is 0 Å². The molecule has 0 fully saturated rings. The van der Waals surface area contributed by atoms with Crippen LogP contribution in [0.2, 0.25) is 0 Å². The van der Waals surface area contributed by atoms with E-state index in [2.05, 4.69) is 0 Å². The third kappa shape index (κ3) is 2.58. The van der Waals surface area contributed by atoms with Crippen LogP contribution in [-0.2, 0) is 0 Å². The lowest BCUT2D eigenvalue weighted by molar-refractivity contribution is 0.0518. The lowest BCUT2D eigenvalue weighted by atomic mass is 9.94. The molecule has 0 saturated heterocycles. The molecule has 98 valence electrons. The number of halogens is 1. The number of ketones is 1. The molecule has 1 aromatic carbocycles. The van der Waals surface area contributed by atoms with E-state index in [-0.39, 0.29) is 23.8 Å². The molecule has 1 heterocycles. The van der Waals surface area contributed by atoms with Crippen molar-refractivity contribution in [3.63, 3.8) is 0 Å². The molecule has 0 radical (unpaired) electrons. The molecule has 3 nitrogen and oxygen atoms in total. The zero-order valence-electron chi connectivity index (χ0n) is 11.2. The van der Waals surface area contributed by atoms with Gasteiger partial charge in [0.05, 0.1) is 19.3 Å². The molecule has 0 N–H and O–H groups in total. The SMILES string of the molecule is CC(C)(C)N1CC(=O)c2ccccc2C1=O.CF. The minimum absolute atomic E-state index is 0.0186. The Morgan fingerprint density at radius 1 is 1.06 bits per heavy atom. The van der Waals surface area contributed by atoms with Crippen LogP contribution in [0.1, 0.15) is 41.5 Å². The number of fused-ring (bicyclic) bond motifs is 1. The summed E-state index contributed by atoms with van der Waals surface area (Å²) in [6.07, 6.45) is 0. The average Bonchev–Trinajstić information content (AvgIpc) is 2.35. The first-order valence-corrected chi connectivity index (χ1v) is 5.73. The number of alkyl halides is 1. The number of hydrogen-bond acceptors (Lipinski definition) is 2. The molecule has 0 spiro atoms. The fourth-order valence-electron chi connectivity index (χ4n) is 1.90. The quantitative estimate of drug-likeness (QED) is 0.711. The fraction of sp³-hybridized carbons (Fsp3) is 0.429. The normalized spacial score (nSPS) is 14.8. The van der Waals surface area contributed by atoms with Gasteiger partial charge in [0.2, 0.25) is 0 Å². The zero-order chi connectivity index (χ0) is 13.9. The molecule has 1 aliphatic heterocycles. The highest BCUT2D eigenvalue weighted by molar-refractivity contribution is 6.13. The van der Waals surface area contributed by atoms with Gasteiger partial charge in [-0.1, -0.05) is 18.2 Å². The van der Waals surface area contributed by atoms with E-state index in [1.165, 1.54) is 0 Å². The summed E-state index contributed by atoms with van der Waals surface area (Å²) in [4.78, 5) is 25.7. The molecule has 4 heteroatoms. The second-order valence-corrected chi connectivity index (χ2v) is 5.03. The van der Waals surface area contributed by atoms with Gasteiger partial charge >= 0.3 is 0 Å². The zero-order valence-corrected chi connectivity index (χ0v) is 11.2. The number of rotatable bonds is 0. The number of amides is 1. The minimum atomic E-state index is -0.319. The highest BCUT2D eigenvalue weighted by Gasteiger charge is 2.35. The lowest BCUT2D eigenvalue weighted by Crippen LogP contribution is -2.51. The second-order valence-electron chi connectivity index (χ2n) is 5.03. The maximum absolute atomic E-state index is 12.2. The van der Waals surface area contributed by atoms with Crippen LogP contribution in [0.3, 0.4) is 0 Å². The molecule has 0 bridgehead atoms. The Morgan fingerprint density at radius 3 is 2.06 bits per heavy atom. The molecule has 0 aromatic heterocycles. The van der Waals surface area contributed by atoms with Crippen molar-refractivity contribution in [1.29, 1.82) is 0 Å². The summed E-state index contributed by atoms with van der Waals surface area (Å²) >= 11 is 0. The Labute approximate surface area is 107 Å². The predicted octanol–water partition coefficient (Wildman–Crippen LogP) is 2.71. The van der Waals surface area contributed by atoms with Gasteiger partial charge in [-0.15, -0.1) is 0 Å². The van der Waals surface area contributed by atoms with Crippen LogP contribution in [-0.4, -0.2) is 35.9 Å². The highest BCUT2D eigenvalue weighted by Crippen LogP contribution is 2.24. The van der Waals surface area contributed by atoms with Crippen molar-refractivity contribution in [3.8, 4) is 0 Å². The van der Waals surface area contributed by atoms with E-state index >= 15 is 0 Å². The largest absolute Gasteiger partial charge is 0.326 e. The third-order valence-electron chi connectivity index (χ3n) is 2.81. The van der Waals surface area contributed by atoms with Gasteiger partial charge in [-0.2, -0.15) is 0 Å². The molecular weight excluding hydrogens is 233 g/mol. The molecule has 18 heavy (non-hydrogen) atoms. The minimum Gasteiger partial charge on any atom is -0.326 e. The molecule has 1 aromatic rings. The topological polar surface area (TPSA) is 37.4 Å². The van der Waals surface area contributed by atoms with Gasteiger partial charge < -0.3 is 4.90 Å². The average molecular weight is 251 g/mol. The molecule has 1 amide bonds. The fourth-order valence-corrected chi connectivity index (χ4v) is 1.90. The van der Waals surface area contributed by atoms with Crippen LogP contribution in [0.15, 0.2) is 24.3 Å². The van der Waals surface area contributed by atoms with Gasteiger partial charge in [0.15, 0.2) is 5.78 Å². The number of hydrogen-bond donors (Lipinski definition) is 0. The summed E-state index contributed by atoms with van der Waals surface area (Å²) in [5, 5.41) is 0. The van der Waals surface area contributed by atoms with Crippen molar-refractivity contribution in [2.75, 3.05) is 13.7 Å². The molecule has 0 unspecified atom stereocenters. The van der Waals surface area contributed by atoms with Gasteiger partial charge in [0.1, 0.15) is 0 Å². The first-order valence-electron chi connectivity index (χ1n) is 5.73. The Balaban J connectivity index is 0.000000771. The number of benzene rings is 1. The number of Topliss-reactive ketones (excluding diaryl/α,β-unsaturated/α-hetero) is 1. The molecule has 1 aliphatic rings. The summed E-state index contributed by atoms with van der Waals surface area (Å²) in [5.41, 5.74) is 0.752. The van der Waals surface area contributed by atoms with E-state index in [0.717, 1.165) is 0 Å².